The van der Waals surface area contributed by atoms with E-state index >= 15 is 0 Å². The minimum Gasteiger partial charge on any atom is -0.504 e. The number of hydrogen-bond acceptors (Lipinski definition) is 4. The molecule has 1 aromatic heterocycles. The molecule has 0 spiro atoms. The fourth-order valence-corrected chi connectivity index (χ4v) is 2.40. The molecule has 19 heavy (non-hydrogen) atoms. The summed E-state index contributed by atoms with van der Waals surface area (Å²) in [6.45, 7) is 0. The van der Waals surface area contributed by atoms with Gasteiger partial charge in [-0.2, -0.15) is 0 Å². The Balaban J connectivity index is 1.95. The van der Waals surface area contributed by atoms with Gasteiger partial charge in [-0.15, -0.1) is 0 Å². The maximum absolute atomic E-state index is 9.76. The predicted octanol–water partition coefficient (Wildman–Crippen LogP) is 3.24. The molecule has 0 saturated carbocycles. The van der Waals surface area contributed by atoms with E-state index in [1.807, 2.05) is 6.07 Å². The summed E-state index contributed by atoms with van der Waals surface area (Å²) in [5, 5.41) is 9.76. The molecule has 1 N–H and O–H groups in total. The van der Waals surface area contributed by atoms with E-state index in [-0.39, 0.29) is 5.75 Å². The van der Waals surface area contributed by atoms with Crippen molar-refractivity contribution in [3.05, 3.63) is 41.9 Å². The summed E-state index contributed by atoms with van der Waals surface area (Å²) < 4.78 is 5.76. The minimum atomic E-state index is 0.128. The lowest BCUT2D eigenvalue weighted by Gasteiger charge is -2.11. The largest absolute Gasteiger partial charge is 0.504 e. The first-order valence-corrected chi connectivity index (χ1v) is 6.63. The van der Waals surface area contributed by atoms with Crippen LogP contribution in [0.25, 0.3) is 0 Å². The lowest BCUT2D eigenvalue weighted by Crippen LogP contribution is -2.01. The molecular weight excluding hydrogens is 240 g/mol. The highest BCUT2D eigenvalue weighted by molar-refractivity contribution is 5.42. The number of nitrogens with zero attached hydrogens (tertiary/aromatic N) is 2. The molecule has 2 aromatic rings. The summed E-state index contributed by atoms with van der Waals surface area (Å²) in [5.74, 6) is 1.14. The smallest absolute Gasteiger partial charge is 0.225 e. The van der Waals surface area contributed by atoms with Crippen molar-refractivity contribution < 1.29 is 9.84 Å². The first-order chi connectivity index (χ1) is 9.34. The highest BCUT2D eigenvalue weighted by Gasteiger charge is 2.16. The van der Waals surface area contributed by atoms with E-state index < -0.39 is 0 Å². The van der Waals surface area contributed by atoms with Crippen molar-refractivity contribution in [1.29, 1.82) is 0 Å². The van der Waals surface area contributed by atoms with Crippen LogP contribution in [0.5, 0.6) is 17.4 Å². The van der Waals surface area contributed by atoms with Gasteiger partial charge in [0.15, 0.2) is 11.5 Å². The average molecular weight is 256 g/mol. The number of phenolic OH excluding ortho intramolecular Hbond substituents is 1. The Bertz CT molecular complexity index is 584. The van der Waals surface area contributed by atoms with Crippen LogP contribution in [-0.4, -0.2) is 15.1 Å². The van der Waals surface area contributed by atoms with Crippen molar-refractivity contribution >= 4 is 0 Å². The molecule has 0 radical (unpaired) electrons. The van der Waals surface area contributed by atoms with Crippen LogP contribution in [0.4, 0.5) is 0 Å². The average Bonchev–Trinajstić information content (AvgIpc) is 2.67. The number of aromatic hydroxyl groups is 1. The Morgan fingerprint density at radius 3 is 2.74 bits per heavy atom. The number of para-hydroxylation sites is 2. The number of hydrogen-bond donors (Lipinski definition) is 1. The molecule has 1 aliphatic rings. The standard InChI is InChI=1S/C15H16N2O2/c18-13-8-4-5-9-14(13)19-15-11-6-2-1-3-7-12(11)16-10-17-15/h4-5,8-10,18H,1-3,6-7H2. The van der Waals surface area contributed by atoms with Gasteiger partial charge >= 0.3 is 0 Å². The summed E-state index contributed by atoms with van der Waals surface area (Å²) in [6, 6.07) is 6.94. The number of aryl methyl sites for hydroxylation is 1. The Kier molecular flexibility index (Phi) is 3.31. The second-order valence-electron chi connectivity index (χ2n) is 4.73. The summed E-state index contributed by atoms with van der Waals surface area (Å²) in [7, 11) is 0. The third-order valence-corrected chi connectivity index (χ3v) is 3.41. The quantitative estimate of drug-likeness (QED) is 0.838. The predicted molar refractivity (Wildman–Crippen MR) is 71.5 cm³/mol. The molecule has 0 bridgehead atoms. The van der Waals surface area contributed by atoms with Crippen LogP contribution in [0.1, 0.15) is 30.5 Å². The van der Waals surface area contributed by atoms with Gasteiger partial charge in [0.25, 0.3) is 0 Å². The van der Waals surface area contributed by atoms with Crippen molar-refractivity contribution in [2.45, 2.75) is 32.1 Å². The maximum atomic E-state index is 9.76. The second kappa shape index (κ2) is 5.26. The van der Waals surface area contributed by atoms with Crippen LogP contribution in [0.15, 0.2) is 30.6 Å². The van der Waals surface area contributed by atoms with Crippen LogP contribution in [0, 0.1) is 0 Å². The Labute approximate surface area is 112 Å². The molecule has 98 valence electrons. The molecule has 0 unspecified atom stereocenters. The molecule has 0 atom stereocenters. The summed E-state index contributed by atoms with van der Waals surface area (Å²) in [6.07, 6.45) is 6.98. The number of rotatable bonds is 2. The first kappa shape index (κ1) is 12.0. The third-order valence-electron chi connectivity index (χ3n) is 3.41. The molecule has 3 rings (SSSR count). The number of benzene rings is 1. The van der Waals surface area contributed by atoms with Gasteiger partial charge in [0, 0.05) is 5.56 Å². The van der Waals surface area contributed by atoms with E-state index in [0.29, 0.717) is 11.6 Å². The zero-order valence-electron chi connectivity index (χ0n) is 10.7. The Morgan fingerprint density at radius 1 is 1.00 bits per heavy atom. The third kappa shape index (κ3) is 2.52. The van der Waals surface area contributed by atoms with Gasteiger partial charge in [0.1, 0.15) is 6.33 Å². The van der Waals surface area contributed by atoms with Crippen molar-refractivity contribution in [2.24, 2.45) is 0 Å². The van der Waals surface area contributed by atoms with Crippen molar-refractivity contribution in [3.8, 4) is 17.4 Å². The molecule has 1 aromatic carbocycles. The van der Waals surface area contributed by atoms with Gasteiger partial charge in [0.2, 0.25) is 5.88 Å². The summed E-state index contributed by atoms with van der Waals surface area (Å²) >= 11 is 0. The van der Waals surface area contributed by atoms with Crippen LogP contribution in [-0.2, 0) is 12.8 Å². The zero-order chi connectivity index (χ0) is 13.1. The molecule has 4 nitrogen and oxygen atoms in total. The minimum absolute atomic E-state index is 0.128. The van der Waals surface area contributed by atoms with Crippen LogP contribution in [0.3, 0.4) is 0 Å². The van der Waals surface area contributed by atoms with Crippen LogP contribution < -0.4 is 4.74 Å². The lowest BCUT2D eigenvalue weighted by atomic mass is 10.1. The number of ether oxygens (including phenoxy) is 1. The first-order valence-electron chi connectivity index (χ1n) is 6.63. The fraction of sp³-hybridized carbons (Fsp3) is 0.333. The number of phenols is 1. The molecule has 1 heterocycles. The van der Waals surface area contributed by atoms with Gasteiger partial charge in [-0.1, -0.05) is 18.6 Å². The number of fused-ring (bicyclic) bond motifs is 1. The molecule has 0 amide bonds. The number of aromatic nitrogens is 2. The molecule has 0 fully saturated rings. The van der Waals surface area contributed by atoms with Gasteiger partial charge in [-0.3, -0.25) is 0 Å². The highest BCUT2D eigenvalue weighted by atomic mass is 16.5. The molecular formula is C15H16N2O2. The van der Waals surface area contributed by atoms with E-state index in [1.54, 1.807) is 24.5 Å². The molecule has 0 aliphatic heterocycles. The van der Waals surface area contributed by atoms with Crippen molar-refractivity contribution in [1.82, 2.24) is 9.97 Å². The van der Waals surface area contributed by atoms with E-state index in [2.05, 4.69) is 9.97 Å². The van der Waals surface area contributed by atoms with Gasteiger partial charge in [0.05, 0.1) is 5.69 Å². The monoisotopic (exact) mass is 256 g/mol. The van der Waals surface area contributed by atoms with Crippen LogP contribution in [0.2, 0.25) is 0 Å². The van der Waals surface area contributed by atoms with Gasteiger partial charge in [-0.05, 0) is 37.8 Å². The Morgan fingerprint density at radius 2 is 1.84 bits per heavy atom. The van der Waals surface area contributed by atoms with Gasteiger partial charge in [-0.25, -0.2) is 9.97 Å². The van der Waals surface area contributed by atoms with Crippen molar-refractivity contribution in [3.63, 3.8) is 0 Å². The summed E-state index contributed by atoms with van der Waals surface area (Å²) in [4.78, 5) is 8.58. The lowest BCUT2D eigenvalue weighted by molar-refractivity contribution is 0.398. The van der Waals surface area contributed by atoms with Crippen LogP contribution >= 0.6 is 0 Å². The molecule has 4 heteroatoms. The SMILES string of the molecule is Oc1ccccc1Oc1ncnc2c1CCCCC2. The zero-order valence-corrected chi connectivity index (χ0v) is 10.7. The van der Waals surface area contributed by atoms with E-state index in [1.165, 1.54) is 12.8 Å². The van der Waals surface area contributed by atoms with E-state index in [4.69, 9.17) is 4.74 Å². The maximum Gasteiger partial charge on any atom is 0.225 e. The van der Waals surface area contributed by atoms with E-state index in [0.717, 1.165) is 30.5 Å². The van der Waals surface area contributed by atoms with Gasteiger partial charge < -0.3 is 9.84 Å². The highest BCUT2D eigenvalue weighted by Crippen LogP contribution is 2.33. The summed E-state index contributed by atoms with van der Waals surface area (Å²) in [5.41, 5.74) is 2.17. The molecule has 0 saturated heterocycles. The van der Waals surface area contributed by atoms with E-state index in [9.17, 15) is 5.11 Å². The Hall–Kier alpha value is -2.10. The normalized spacial score (nSPS) is 14.5. The second-order valence-corrected chi connectivity index (χ2v) is 4.73. The molecule has 1 aliphatic carbocycles. The topological polar surface area (TPSA) is 55.2 Å². The fourth-order valence-electron chi connectivity index (χ4n) is 2.40. The van der Waals surface area contributed by atoms with Crippen molar-refractivity contribution in [2.75, 3.05) is 0 Å².